The van der Waals surface area contributed by atoms with Gasteiger partial charge in [-0.05, 0) is 55.8 Å². The summed E-state index contributed by atoms with van der Waals surface area (Å²) in [6.45, 7) is 3.71. The van der Waals surface area contributed by atoms with Crippen molar-refractivity contribution in [2.75, 3.05) is 20.3 Å². The first-order chi connectivity index (χ1) is 9.45. The van der Waals surface area contributed by atoms with E-state index in [0.29, 0.717) is 24.5 Å². The van der Waals surface area contributed by atoms with Crippen LogP contribution in [0.1, 0.15) is 45.4 Å². The number of methoxy groups -OCH3 is 1. The molecule has 3 unspecified atom stereocenters. The second-order valence-corrected chi connectivity index (χ2v) is 9.11. The van der Waals surface area contributed by atoms with Crippen LogP contribution in [0.5, 0.6) is 0 Å². The Hall–Kier alpha value is -0.0900. The molecule has 0 saturated heterocycles. The van der Waals surface area contributed by atoms with E-state index in [-0.39, 0.29) is 10.2 Å². The van der Waals surface area contributed by atoms with E-state index in [1.807, 2.05) is 0 Å². The molecule has 0 aromatic rings. The van der Waals surface area contributed by atoms with Crippen molar-refractivity contribution in [3.8, 4) is 0 Å². The molecule has 4 bridgehead atoms. The molecule has 4 heteroatoms. The lowest BCUT2D eigenvalue weighted by atomic mass is 9.44. The summed E-state index contributed by atoms with van der Waals surface area (Å²) in [6.07, 6.45) is 7.43. The third-order valence-corrected chi connectivity index (χ3v) is 6.25. The van der Waals surface area contributed by atoms with Crippen LogP contribution >= 0.6 is 15.9 Å². The molecular formula is C16H26BrNO2. The van der Waals surface area contributed by atoms with Crippen LogP contribution in [0.4, 0.5) is 0 Å². The van der Waals surface area contributed by atoms with Gasteiger partial charge in [0.2, 0.25) is 5.91 Å². The molecule has 1 N–H and O–H groups in total. The first-order valence-electron chi connectivity index (χ1n) is 7.86. The van der Waals surface area contributed by atoms with Gasteiger partial charge in [0.1, 0.15) is 0 Å². The molecule has 3 atom stereocenters. The molecular weight excluding hydrogens is 318 g/mol. The molecule has 4 rings (SSSR count). The summed E-state index contributed by atoms with van der Waals surface area (Å²) in [6, 6.07) is 0. The Balaban J connectivity index is 1.65. The normalized spacial score (nSPS) is 43.5. The van der Waals surface area contributed by atoms with Gasteiger partial charge in [-0.25, -0.2) is 0 Å². The van der Waals surface area contributed by atoms with E-state index in [9.17, 15) is 4.79 Å². The van der Waals surface area contributed by atoms with Gasteiger partial charge in [-0.3, -0.25) is 4.79 Å². The molecule has 0 radical (unpaired) electrons. The van der Waals surface area contributed by atoms with Gasteiger partial charge in [0.25, 0.3) is 0 Å². The van der Waals surface area contributed by atoms with E-state index in [2.05, 4.69) is 28.2 Å². The Morgan fingerprint density at radius 1 is 1.35 bits per heavy atom. The number of hydrogen-bond donors (Lipinski definition) is 1. The average Bonchev–Trinajstić information content (AvgIpc) is 2.33. The summed E-state index contributed by atoms with van der Waals surface area (Å²) < 4.78 is 5.10. The lowest BCUT2D eigenvalue weighted by Crippen LogP contribution is -2.57. The summed E-state index contributed by atoms with van der Waals surface area (Å²) in [5.74, 6) is 1.90. The summed E-state index contributed by atoms with van der Waals surface area (Å²) in [4.78, 5) is 13.0. The smallest absolute Gasteiger partial charge is 0.226 e. The average molecular weight is 344 g/mol. The fourth-order valence-electron chi connectivity index (χ4n) is 5.62. The minimum Gasteiger partial charge on any atom is -0.383 e. The molecule has 4 aliphatic rings. The Bertz CT molecular complexity index is 384. The minimum absolute atomic E-state index is 0.0569. The van der Waals surface area contributed by atoms with Crippen molar-refractivity contribution in [2.24, 2.45) is 22.7 Å². The summed E-state index contributed by atoms with van der Waals surface area (Å²) in [5.41, 5.74) is 0.375. The second kappa shape index (κ2) is 5.28. The van der Waals surface area contributed by atoms with Crippen molar-refractivity contribution in [2.45, 2.75) is 50.3 Å². The van der Waals surface area contributed by atoms with Gasteiger partial charge in [-0.15, -0.1) is 0 Å². The molecule has 114 valence electrons. The molecule has 20 heavy (non-hydrogen) atoms. The van der Waals surface area contributed by atoms with Gasteiger partial charge in [-0.1, -0.05) is 22.9 Å². The van der Waals surface area contributed by atoms with Gasteiger partial charge < -0.3 is 10.1 Å². The van der Waals surface area contributed by atoms with Crippen LogP contribution < -0.4 is 5.32 Å². The van der Waals surface area contributed by atoms with E-state index in [1.165, 1.54) is 19.3 Å². The predicted octanol–water partition coefficient (Wildman–Crippen LogP) is 3.12. The second-order valence-electron chi connectivity index (χ2n) is 7.81. The molecule has 3 nitrogen and oxygen atoms in total. The van der Waals surface area contributed by atoms with Crippen LogP contribution in [0.25, 0.3) is 0 Å². The molecule has 4 saturated carbocycles. The highest BCUT2D eigenvalue weighted by atomic mass is 79.9. The fourth-order valence-corrected chi connectivity index (χ4v) is 6.04. The van der Waals surface area contributed by atoms with Gasteiger partial charge in [-0.2, -0.15) is 0 Å². The van der Waals surface area contributed by atoms with E-state index in [4.69, 9.17) is 4.74 Å². The Morgan fingerprint density at radius 2 is 2.00 bits per heavy atom. The topological polar surface area (TPSA) is 38.3 Å². The number of alkyl halides is 1. The lowest BCUT2D eigenvalue weighted by molar-refractivity contribution is -0.155. The van der Waals surface area contributed by atoms with Gasteiger partial charge in [0.05, 0.1) is 16.8 Å². The highest BCUT2D eigenvalue weighted by Gasteiger charge is 2.58. The molecule has 0 aromatic heterocycles. The molecule has 0 aliphatic heterocycles. The zero-order valence-electron chi connectivity index (χ0n) is 12.6. The first-order valence-corrected chi connectivity index (χ1v) is 8.78. The zero-order chi connectivity index (χ0) is 14.4. The molecule has 1 amide bonds. The van der Waals surface area contributed by atoms with Crippen molar-refractivity contribution in [1.29, 1.82) is 0 Å². The highest BCUT2D eigenvalue weighted by Crippen LogP contribution is 2.65. The van der Waals surface area contributed by atoms with Crippen molar-refractivity contribution >= 4 is 21.8 Å². The van der Waals surface area contributed by atoms with Gasteiger partial charge in [0.15, 0.2) is 0 Å². The standard InChI is InChI=1S/C16H26BrNO2/c1-15-4-11-3-12(5-15)7-16(6-11,10-15)14(19)18-8-13(17)9-20-2/h11-13H,3-10H2,1-2H3,(H,18,19). The number of ether oxygens (including phenoxy) is 1. The molecule has 0 spiro atoms. The molecule has 0 heterocycles. The fraction of sp³-hybridized carbons (Fsp3) is 0.938. The Kier molecular flexibility index (Phi) is 3.91. The van der Waals surface area contributed by atoms with Gasteiger partial charge >= 0.3 is 0 Å². The van der Waals surface area contributed by atoms with Crippen LogP contribution in [0.2, 0.25) is 0 Å². The van der Waals surface area contributed by atoms with Gasteiger partial charge in [0, 0.05) is 13.7 Å². The third-order valence-electron chi connectivity index (χ3n) is 5.67. The van der Waals surface area contributed by atoms with E-state index in [0.717, 1.165) is 31.1 Å². The molecule has 4 aliphatic carbocycles. The first kappa shape index (κ1) is 14.8. The highest BCUT2D eigenvalue weighted by molar-refractivity contribution is 9.09. The van der Waals surface area contributed by atoms with Crippen LogP contribution in [0, 0.1) is 22.7 Å². The maximum atomic E-state index is 12.8. The van der Waals surface area contributed by atoms with E-state index in [1.54, 1.807) is 7.11 Å². The maximum absolute atomic E-state index is 12.8. The van der Waals surface area contributed by atoms with Crippen LogP contribution in [0.3, 0.4) is 0 Å². The molecule has 4 fully saturated rings. The summed E-state index contributed by atoms with van der Waals surface area (Å²) in [7, 11) is 1.69. The number of carbonyl (C=O) groups is 1. The Morgan fingerprint density at radius 3 is 2.55 bits per heavy atom. The van der Waals surface area contributed by atoms with Crippen LogP contribution in [-0.2, 0) is 9.53 Å². The molecule has 0 aromatic carbocycles. The number of carbonyl (C=O) groups excluding carboxylic acids is 1. The minimum atomic E-state index is -0.0569. The quantitative estimate of drug-likeness (QED) is 0.779. The zero-order valence-corrected chi connectivity index (χ0v) is 14.2. The Labute approximate surface area is 130 Å². The monoisotopic (exact) mass is 343 g/mol. The predicted molar refractivity (Wildman–Crippen MR) is 82.8 cm³/mol. The number of amides is 1. The lowest BCUT2D eigenvalue weighted by Gasteiger charge is -2.60. The number of halogens is 1. The number of hydrogen-bond acceptors (Lipinski definition) is 2. The summed E-state index contributed by atoms with van der Waals surface area (Å²) in [5, 5.41) is 3.18. The van der Waals surface area contributed by atoms with Crippen LogP contribution in [0.15, 0.2) is 0 Å². The number of nitrogens with one attached hydrogen (secondary N) is 1. The maximum Gasteiger partial charge on any atom is 0.226 e. The van der Waals surface area contributed by atoms with Crippen molar-refractivity contribution in [3.63, 3.8) is 0 Å². The van der Waals surface area contributed by atoms with E-state index >= 15 is 0 Å². The summed E-state index contributed by atoms with van der Waals surface area (Å²) >= 11 is 3.55. The third kappa shape index (κ3) is 2.66. The van der Waals surface area contributed by atoms with Crippen molar-refractivity contribution in [3.05, 3.63) is 0 Å². The van der Waals surface area contributed by atoms with Crippen LogP contribution in [-0.4, -0.2) is 31.0 Å². The largest absolute Gasteiger partial charge is 0.383 e. The van der Waals surface area contributed by atoms with E-state index < -0.39 is 0 Å². The SMILES string of the molecule is COCC(Br)CNC(=O)C12CC3CC(CC(C)(C3)C1)C2. The van der Waals surface area contributed by atoms with Crippen molar-refractivity contribution in [1.82, 2.24) is 5.32 Å². The van der Waals surface area contributed by atoms with Crippen molar-refractivity contribution < 1.29 is 9.53 Å². The number of rotatable bonds is 5.